The van der Waals surface area contributed by atoms with Crippen LogP contribution in [0.2, 0.25) is 0 Å². The van der Waals surface area contributed by atoms with Crippen LogP contribution in [-0.4, -0.2) is 25.6 Å². The standard InChI is InChI=1S/C25H27N5O4/c1-14(2)21(27-23(31)20-9-6-12-33-20)24-28-22(29-34-24)16-10-11-19-18(13-16)26-15(3)25(32)30(19)17-7-4-5-8-17/h6,9-14,17,21H,4-5,7-8H2,1-3H3,(H,27,31)/t21-/m1/s1. The van der Waals surface area contributed by atoms with Gasteiger partial charge in [-0.2, -0.15) is 4.98 Å². The van der Waals surface area contributed by atoms with Crippen LogP contribution in [0.15, 0.2) is 50.3 Å². The normalized spacial score (nSPS) is 15.3. The molecule has 5 rings (SSSR count). The van der Waals surface area contributed by atoms with Gasteiger partial charge in [-0.1, -0.05) is 31.8 Å². The Kier molecular flexibility index (Phi) is 5.77. The van der Waals surface area contributed by atoms with Gasteiger partial charge in [0.15, 0.2) is 5.76 Å². The molecule has 1 atom stereocenters. The van der Waals surface area contributed by atoms with Crippen molar-refractivity contribution in [3.05, 3.63) is 64.3 Å². The highest BCUT2D eigenvalue weighted by atomic mass is 16.5. The summed E-state index contributed by atoms with van der Waals surface area (Å²) in [4.78, 5) is 34.5. The minimum absolute atomic E-state index is 0.00831. The molecule has 1 aliphatic rings. The Hall–Kier alpha value is -3.75. The van der Waals surface area contributed by atoms with Crippen LogP contribution in [-0.2, 0) is 0 Å². The third-order valence-corrected chi connectivity index (χ3v) is 6.41. The lowest BCUT2D eigenvalue weighted by molar-refractivity contribution is 0.0885. The average molecular weight is 462 g/mol. The lowest BCUT2D eigenvalue weighted by Gasteiger charge is -2.18. The number of nitrogens with zero attached hydrogens (tertiary/aromatic N) is 4. The van der Waals surface area contributed by atoms with Gasteiger partial charge in [0.25, 0.3) is 11.5 Å². The molecule has 3 heterocycles. The third-order valence-electron chi connectivity index (χ3n) is 6.41. The topological polar surface area (TPSA) is 116 Å². The Morgan fingerprint density at radius 3 is 2.68 bits per heavy atom. The van der Waals surface area contributed by atoms with Crippen LogP contribution in [0.1, 0.15) is 73.8 Å². The van der Waals surface area contributed by atoms with E-state index in [-0.39, 0.29) is 29.2 Å². The summed E-state index contributed by atoms with van der Waals surface area (Å²) in [6.45, 7) is 5.67. The summed E-state index contributed by atoms with van der Waals surface area (Å²) >= 11 is 0. The second-order valence-corrected chi connectivity index (χ2v) is 9.14. The average Bonchev–Trinajstić information content (AvgIpc) is 3.60. The first-order valence-electron chi connectivity index (χ1n) is 11.6. The molecule has 0 unspecified atom stereocenters. The molecule has 9 heteroatoms. The Morgan fingerprint density at radius 1 is 1.18 bits per heavy atom. The number of furan rings is 1. The Labute approximate surface area is 196 Å². The van der Waals surface area contributed by atoms with Crippen LogP contribution in [0.4, 0.5) is 0 Å². The molecule has 1 N–H and O–H groups in total. The van der Waals surface area contributed by atoms with Gasteiger partial charge in [0.2, 0.25) is 11.7 Å². The minimum atomic E-state index is -0.479. The SMILES string of the molecule is Cc1nc2cc(-c3noc([C@H](NC(=O)c4ccco4)C(C)C)n3)ccc2n(C2CCCC2)c1=O. The summed E-state index contributed by atoms with van der Waals surface area (Å²) in [6.07, 6.45) is 5.74. The maximum Gasteiger partial charge on any atom is 0.287 e. The van der Waals surface area contributed by atoms with E-state index in [0.29, 0.717) is 17.4 Å². The van der Waals surface area contributed by atoms with E-state index in [9.17, 15) is 9.59 Å². The van der Waals surface area contributed by atoms with Crippen molar-refractivity contribution in [1.82, 2.24) is 25.0 Å². The maximum absolute atomic E-state index is 12.9. The molecule has 34 heavy (non-hydrogen) atoms. The van der Waals surface area contributed by atoms with E-state index in [1.165, 1.54) is 6.26 Å². The van der Waals surface area contributed by atoms with Gasteiger partial charge in [-0.05, 0) is 56.0 Å². The maximum atomic E-state index is 12.9. The number of nitrogens with one attached hydrogen (secondary N) is 1. The fourth-order valence-corrected chi connectivity index (χ4v) is 4.61. The molecular weight excluding hydrogens is 434 g/mol. The third kappa shape index (κ3) is 4.02. The molecule has 0 aliphatic heterocycles. The van der Waals surface area contributed by atoms with Crippen LogP contribution in [0.25, 0.3) is 22.4 Å². The number of fused-ring (bicyclic) bond motifs is 1. The van der Waals surface area contributed by atoms with Gasteiger partial charge >= 0.3 is 0 Å². The van der Waals surface area contributed by atoms with Crippen LogP contribution in [0.3, 0.4) is 0 Å². The van der Waals surface area contributed by atoms with E-state index in [2.05, 4.69) is 20.4 Å². The van der Waals surface area contributed by atoms with Crippen molar-refractivity contribution in [2.75, 3.05) is 0 Å². The van der Waals surface area contributed by atoms with E-state index in [1.807, 2.05) is 36.6 Å². The lowest BCUT2D eigenvalue weighted by Crippen LogP contribution is -2.31. The van der Waals surface area contributed by atoms with Crippen molar-refractivity contribution in [3.63, 3.8) is 0 Å². The van der Waals surface area contributed by atoms with E-state index in [4.69, 9.17) is 8.94 Å². The smallest absolute Gasteiger partial charge is 0.287 e. The first-order chi connectivity index (χ1) is 16.4. The van der Waals surface area contributed by atoms with Crippen LogP contribution in [0.5, 0.6) is 0 Å². The zero-order valence-electron chi connectivity index (χ0n) is 19.4. The van der Waals surface area contributed by atoms with Gasteiger partial charge in [0.1, 0.15) is 11.7 Å². The number of rotatable bonds is 6. The monoisotopic (exact) mass is 461 g/mol. The van der Waals surface area contributed by atoms with Crippen LogP contribution >= 0.6 is 0 Å². The van der Waals surface area contributed by atoms with Crippen molar-refractivity contribution in [2.24, 2.45) is 5.92 Å². The molecule has 1 aromatic carbocycles. The summed E-state index contributed by atoms with van der Waals surface area (Å²) in [5, 5.41) is 7.05. The first-order valence-corrected chi connectivity index (χ1v) is 11.6. The van der Waals surface area contributed by atoms with Gasteiger partial charge in [-0.3, -0.25) is 9.59 Å². The molecule has 0 saturated heterocycles. The van der Waals surface area contributed by atoms with Crippen molar-refractivity contribution < 1.29 is 13.7 Å². The van der Waals surface area contributed by atoms with Gasteiger partial charge in [-0.25, -0.2) is 4.98 Å². The largest absolute Gasteiger partial charge is 0.459 e. The number of hydrogen-bond acceptors (Lipinski definition) is 7. The van der Waals surface area contributed by atoms with Gasteiger partial charge in [-0.15, -0.1) is 0 Å². The molecule has 176 valence electrons. The molecular formula is C25H27N5O4. The molecule has 4 aromatic rings. The number of benzene rings is 1. The molecule has 1 amide bonds. The summed E-state index contributed by atoms with van der Waals surface area (Å²) in [7, 11) is 0. The quantitative estimate of drug-likeness (QED) is 0.446. The Balaban J connectivity index is 1.47. The van der Waals surface area contributed by atoms with Crippen molar-refractivity contribution in [2.45, 2.75) is 58.5 Å². The summed E-state index contributed by atoms with van der Waals surface area (Å²) < 4.78 is 12.6. The molecule has 1 fully saturated rings. The van der Waals surface area contributed by atoms with E-state index < -0.39 is 6.04 Å². The molecule has 0 bridgehead atoms. The predicted octanol–water partition coefficient (Wildman–Crippen LogP) is 4.59. The molecule has 1 aliphatic carbocycles. The molecule has 0 spiro atoms. The zero-order valence-corrected chi connectivity index (χ0v) is 19.4. The second-order valence-electron chi connectivity index (χ2n) is 9.14. The highest BCUT2D eigenvalue weighted by Gasteiger charge is 2.27. The number of aromatic nitrogens is 4. The zero-order chi connectivity index (χ0) is 23.8. The van der Waals surface area contributed by atoms with Gasteiger partial charge in [0.05, 0.1) is 17.3 Å². The van der Waals surface area contributed by atoms with Crippen LogP contribution in [0, 0.1) is 12.8 Å². The van der Waals surface area contributed by atoms with Crippen molar-refractivity contribution >= 4 is 16.9 Å². The van der Waals surface area contributed by atoms with E-state index in [1.54, 1.807) is 19.1 Å². The molecule has 9 nitrogen and oxygen atoms in total. The van der Waals surface area contributed by atoms with E-state index in [0.717, 1.165) is 42.3 Å². The fraction of sp³-hybridized carbons (Fsp3) is 0.400. The number of carbonyl (C=O) groups excluding carboxylic acids is 1. The number of hydrogen-bond donors (Lipinski definition) is 1. The number of amides is 1. The Bertz CT molecular complexity index is 1380. The van der Waals surface area contributed by atoms with Crippen molar-refractivity contribution in [3.8, 4) is 11.4 Å². The molecule has 0 radical (unpaired) electrons. The lowest BCUT2D eigenvalue weighted by atomic mass is 10.0. The summed E-state index contributed by atoms with van der Waals surface area (Å²) in [5.74, 6) is 0.584. The number of aryl methyl sites for hydroxylation is 1. The second kappa shape index (κ2) is 8.89. The van der Waals surface area contributed by atoms with E-state index >= 15 is 0 Å². The Morgan fingerprint density at radius 2 is 1.97 bits per heavy atom. The number of carbonyl (C=O) groups is 1. The van der Waals surface area contributed by atoms with Gasteiger partial charge in [0, 0.05) is 11.6 Å². The fourth-order valence-electron chi connectivity index (χ4n) is 4.61. The first kappa shape index (κ1) is 22.1. The van der Waals surface area contributed by atoms with Crippen LogP contribution < -0.4 is 10.9 Å². The van der Waals surface area contributed by atoms with Gasteiger partial charge < -0.3 is 18.8 Å². The van der Waals surface area contributed by atoms with Crippen molar-refractivity contribution in [1.29, 1.82) is 0 Å². The minimum Gasteiger partial charge on any atom is -0.459 e. The molecule has 3 aromatic heterocycles. The summed E-state index contributed by atoms with van der Waals surface area (Å²) in [5.41, 5.74) is 2.72. The summed E-state index contributed by atoms with van der Waals surface area (Å²) in [6, 6.07) is 8.66. The highest BCUT2D eigenvalue weighted by molar-refractivity contribution is 5.91. The predicted molar refractivity (Wildman–Crippen MR) is 125 cm³/mol. The highest BCUT2D eigenvalue weighted by Crippen LogP contribution is 2.32. The molecule has 1 saturated carbocycles.